The maximum atomic E-state index is 11.9. The molecule has 1 aromatic rings. The van der Waals surface area contributed by atoms with Gasteiger partial charge in [0.25, 0.3) is 0 Å². The molecule has 0 saturated carbocycles. The Morgan fingerprint density at radius 3 is 2.47 bits per heavy atom. The maximum Gasteiger partial charge on any atom is 0.413 e. The van der Waals surface area contributed by atoms with Crippen molar-refractivity contribution in [1.82, 2.24) is 5.48 Å². The van der Waals surface area contributed by atoms with Crippen LogP contribution in [-0.4, -0.2) is 25.9 Å². The molecule has 0 aliphatic heterocycles. The summed E-state index contributed by atoms with van der Waals surface area (Å²) in [6.45, 7) is -1.30. The molecule has 0 spiro atoms. The van der Waals surface area contributed by atoms with Crippen LogP contribution in [0, 0.1) is 0 Å². The predicted octanol–water partition coefficient (Wildman–Crippen LogP) is 1.99. The Morgan fingerprint density at radius 1 is 1.26 bits per heavy atom. The van der Waals surface area contributed by atoms with Crippen molar-refractivity contribution in [3.8, 4) is 0 Å². The molecule has 0 fully saturated rings. The minimum Gasteiger partial charge on any atom is -0.469 e. The van der Waals surface area contributed by atoms with E-state index in [2.05, 4.69) is 15.1 Å². The van der Waals surface area contributed by atoms with Crippen molar-refractivity contribution >= 4 is 5.97 Å². The predicted molar refractivity (Wildman–Crippen MR) is 61.0 cm³/mol. The van der Waals surface area contributed by atoms with Crippen molar-refractivity contribution in [3.05, 3.63) is 35.4 Å². The second-order valence-corrected chi connectivity index (χ2v) is 3.75. The summed E-state index contributed by atoms with van der Waals surface area (Å²) >= 11 is 0. The van der Waals surface area contributed by atoms with Crippen LogP contribution in [0.15, 0.2) is 24.3 Å². The molecule has 1 N–H and O–H groups in total. The fourth-order valence-electron chi connectivity index (χ4n) is 1.39. The number of carbonyl (C=O) groups is 1. The molecule has 0 aromatic heterocycles. The third-order valence-electron chi connectivity index (χ3n) is 2.28. The van der Waals surface area contributed by atoms with Crippen LogP contribution < -0.4 is 5.48 Å². The molecule has 106 valence electrons. The minimum atomic E-state index is -4.38. The lowest BCUT2D eigenvalue weighted by molar-refractivity contribution is -0.190. The molecule has 0 atom stereocenters. The zero-order valence-electron chi connectivity index (χ0n) is 10.3. The number of hydrogen-bond acceptors (Lipinski definition) is 4. The van der Waals surface area contributed by atoms with Gasteiger partial charge in [-0.3, -0.25) is 9.63 Å². The molecule has 0 aliphatic carbocycles. The number of carbonyl (C=O) groups excluding carboxylic acids is 1. The van der Waals surface area contributed by atoms with Crippen LogP contribution in [0.2, 0.25) is 0 Å². The molecule has 0 radical (unpaired) electrons. The second-order valence-electron chi connectivity index (χ2n) is 3.75. The Hall–Kier alpha value is -1.60. The quantitative estimate of drug-likeness (QED) is 0.491. The zero-order chi connectivity index (χ0) is 14.3. The Kier molecular flexibility index (Phi) is 5.78. The molecular formula is C12H14F3NO3. The van der Waals surface area contributed by atoms with Gasteiger partial charge < -0.3 is 4.74 Å². The summed E-state index contributed by atoms with van der Waals surface area (Å²) in [5.41, 5.74) is 3.57. The van der Waals surface area contributed by atoms with E-state index in [1.54, 1.807) is 24.3 Å². The Morgan fingerprint density at radius 2 is 1.89 bits per heavy atom. The van der Waals surface area contributed by atoms with Crippen molar-refractivity contribution in [3.63, 3.8) is 0 Å². The number of alkyl halides is 3. The molecule has 19 heavy (non-hydrogen) atoms. The number of nitrogens with one attached hydrogen (secondary N) is 1. The standard InChI is InChI=1S/C12H14F3NO3/c1-18-11(17)6-9-4-2-3-5-10(9)7-16-19-8-12(13,14)15/h2-5,16H,6-8H2,1H3. The van der Waals surface area contributed by atoms with Crippen LogP contribution >= 0.6 is 0 Å². The highest BCUT2D eigenvalue weighted by Gasteiger charge is 2.27. The van der Waals surface area contributed by atoms with Crippen LogP contribution in [0.4, 0.5) is 13.2 Å². The smallest absolute Gasteiger partial charge is 0.413 e. The van der Waals surface area contributed by atoms with Crippen molar-refractivity contribution in [2.24, 2.45) is 0 Å². The maximum absolute atomic E-state index is 11.9. The van der Waals surface area contributed by atoms with Crippen LogP contribution in [0.3, 0.4) is 0 Å². The first-order valence-corrected chi connectivity index (χ1v) is 5.47. The summed E-state index contributed by atoms with van der Waals surface area (Å²) in [6, 6.07) is 6.86. The van der Waals surface area contributed by atoms with E-state index in [1.807, 2.05) is 0 Å². The monoisotopic (exact) mass is 277 g/mol. The highest BCUT2D eigenvalue weighted by molar-refractivity contribution is 5.72. The normalized spacial score (nSPS) is 11.4. The first-order valence-electron chi connectivity index (χ1n) is 5.47. The fraction of sp³-hybridized carbons (Fsp3) is 0.417. The Bertz CT molecular complexity index is 421. The summed E-state index contributed by atoms with van der Waals surface area (Å²) in [5.74, 6) is -0.413. The summed E-state index contributed by atoms with van der Waals surface area (Å²) in [7, 11) is 1.27. The highest BCUT2D eigenvalue weighted by Crippen LogP contribution is 2.14. The van der Waals surface area contributed by atoms with Crippen LogP contribution in [0.5, 0.6) is 0 Å². The molecule has 0 heterocycles. The summed E-state index contributed by atoms with van der Waals surface area (Å²) in [5, 5.41) is 0. The fourth-order valence-corrected chi connectivity index (χ4v) is 1.39. The van der Waals surface area contributed by atoms with Gasteiger partial charge in [0.05, 0.1) is 13.5 Å². The zero-order valence-corrected chi connectivity index (χ0v) is 10.3. The van der Waals surface area contributed by atoms with Gasteiger partial charge in [-0.05, 0) is 11.1 Å². The summed E-state index contributed by atoms with van der Waals surface area (Å²) in [4.78, 5) is 15.5. The van der Waals surface area contributed by atoms with Gasteiger partial charge in [0, 0.05) is 6.54 Å². The summed E-state index contributed by atoms with van der Waals surface area (Å²) < 4.78 is 40.1. The van der Waals surface area contributed by atoms with Crippen molar-refractivity contribution in [2.45, 2.75) is 19.1 Å². The van der Waals surface area contributed by atoms with Crippen LogP contribution in [0.25, 0.3) is 0 Å². The molecule has 4 nitrogen and oxygen atoms in total. The van der Waals surface area contributed by atoms with Crippen LogP contribution in [0.1, 0.15) is 11.1 Å². The SMILES string of the molecule is COC(=O)Cc1ccccc1CNOCC(F)(F)F. The van der Waals surface area contributed by atoms with Crippen molar-refractivity contribution < 1.29 is 27.5 Å². The number of esters is 1. The number of hydrogen-bond donors (Lipinski definition) is 1. The van der Waals surface area contributed by atoms with E-state index in [9.17, 15) is 18.0 Å². The molecule has 7 heteroatoms. The van der Waals surface area contributed by atoms with E-state index in [0.717, 1.165) is 0 Å². The van der Waals surface area contributed by atoms with E-state index >= 15 is 0 Å². The topological polar surface area (TPSA) is 47.6 Å². The van der Waals surface area contributed by atoms with Crippen molar-refractivity contribution in [1.29, 1.82) is 0 Å². The molecular weight excluding hydrogens is 263 g/mol. The summed E-state index contributed by atoms with van der Waals surface area (Å²) in [6.07, 6.45) is -4.31. The third-order valence-corrected chi connectivity index (χ3v) is 2.28. The van der Waals surface area contributed by atoms with Gasteiger partial charge in [-0.25, -0.2) is 0 Å². The van der Waals surface area contributed by atoms with Gasteiger partial charge in [0.2, 0.25) is 0 Å². The largest absolute Gasteiger partial charge is 0.469 e. The van der Waals surface area contributed by atoms with Gasteiger partial charge in [-0.15, -0.1) is 0 Å². The van der Waals surface area contributed by atoms with Crippen LogP contribution in [-0.2, 0) is 27.3 Å². The number of hydroxylamine groups is 1. The Labute approximate surface area is 108 Å². The molecule has 0 saturated heterocycles. The number of ether oxygens (including phenoxy) is 1. The van der Waals surface area contributed by atoms with E-state index in [1.165, 1.54) is 7.11 Å². The molecule has 0 aliphatic rings. The Balaban J connectivity index is 2.51. The molecule has 1 rings (SSSR count). The van der Waals surface area contributed by atoms with E-state index < -0.39 is 18.8 Å². The molecule has 0 bridgehead atoms. The number of benzene rings is 1. The molecule has 1 aromatic carbocycles. The lowest BCUT2D eigenvalue weighted by Crippen LogP contribution is -2.25. The van der Waals surface area contributed by atoms with Gasteiger partial charge in [-0.1, -0.05) is 24.3 Å². The number of methoxy groups -OCH3 is 1. The minimum absolute atomic E-state index is 0.0631. The van der Waals surface area contributed by atoms with Crippen molar-refractivity contribution in [2.75, 3.05) is 13.7 Å². The number of rotatable bonds is 6. The number of halogens is 3. The van der Waals surface area contributed by atoms with E-state index in [-0.39, 0.29) is 13.0 Å². The molecule has 0 amide bonds. The van der Waals surface area contributed by atoms with Gasteiger partial charge in [0.1, 0.15) is 0 Å². The highest BCUT2D eigenvalue weighted by atomic mass is 19.4. The average Bonchev–Trinajstić information content (AvgIpc) is 2.35. The van der Waals surface area contributed by atoms with E-state index in [4.69, 9.17) is 0 Å². The van der Waals surface area contributed by atoms with Gasteiger partial charge in [-0.2, -0.15) is 18.7 Å². The van der Waals surface area contributed by atoms with Gasteiger partial charge >= 0.3 is 12.1 Å². The van der Waals surface area contributed by atoms with Gasteiger partial charge in [0.15, 0.2) is 6.61 Å². The second kappa shape index (κ2) is 7.10. The van der Waals surface area contributed by atoms with E-state index in [0.29, 0.717) is 11.1 Å². The molecule has 0 unspecified atom stereocenters. The average molecular weight is 277 g/mol. The third kappa shape index (κ3) is 6.21. The first kappa shape index (κ1) is 15.5. The lowest BCUT2D eigenvalue weighted by Gasteiger charge is -2.11. The first-order chi connectivity index (χ1) is 8.92. The lowest BCUT2D eigenvalue weighted by atomic mass is 10.1.